The largest absolute Gasteiger partial charge is 0.375 e. The van der Waals surface area contributed by atoms with E-state index in [1.54, 1.807) is 0 Å². The van der Waals surface area contributed by atoms with E-state index in [4.69, 9.17) is 0 Å². The molecular weight excluding hydrogens is 331 g/mol. The third-order valence-corrected chi connectivity index (χ3v) is 4.24. The van der Waals surface area contributed by atoms with Gasteiger partial charge in [0.15, 0.2) is 11.4 Å². The predicted molar refractivity (Wildman–Crippen MR) is 85.8 cm³/mol. The van der Waals surface area contributed by atoms with Crippen molar-refractivity contribution in [1.29, 1.82) is 0 Å². The number of carbonyl (C=O) groups is 2. The van der Waals surface area contributed by atoms with Crippen LogP contribution < -0.4 is 4.90 Å². The maximum Gasteiger partial charge on any atom is 0.269 e. The van der Waals surface area contributed by atoms with E-state index in [1.165, 1.54) is 31.3 Å². The second-order valence-electron chi connectivity index (χ2n) is 5.79. The van der Waals surface area contributed by atoms with E-state index in [9.17, 15) is 29.2 Å². The lowest BCUT2D eigenvalue weighted by atomic mass is 9.88. The Balaban J connectivity index is 2.02. The minimum atomic E-state index is -2.21. The number of nitro groups is 1. The van der Waals surface area contributed by atoms with Gasteiger partial charge < -0.3 is 10.0 Å². The zero-order valence-electron chi connectivity index (χ0n) is 13.1. The van der Waals surface area contributed by atoms with Gasteiger partial charge in [0.25, 0.3) is 11.6 Å². The number of halogens is 1. The number of ketones is 1. The first-order chi connectivity index (χ1) is 11.7. The summed E-state index contributed by atoms with van der Waals surface area (Å²) in [5, 5.41) is 21.8. The molecule has 1 atom stereocenters. The van der Waals surface area contributed by atoms with E-state index < -0.39 is 34.5 Å². The second-order valence-corrected chi connectivity index (χ2v) is 5.79. The molecule has 0 bridgehead atoms. The normalized spacial score (nSPS) is 19.0. The van der Waals surface area contributed by atoms with Crippen molar-refractivity contribution >= 4 is 23.1 Å². The first-order valence-corrected chi connectivity index (χ1v) is 7.32. The molecule has 0 spiro atoms. The molecule has 1 aliphatic rings. The number of likely N-dealkylation sites (N-methyl/N-ethyl adjacent to an activating group) is 1. The number of carbonyl (C=O) groups excluding carboxylic acids is 2. The van der Waals surface area contributed by atoms with Gasteiger partial charge in [0.05, 0.1) is 17.0 Å². The number of hydrogen-bond donors (Lipinski definition) is 1. The SMILES string of the molecule is CN1C(=O)[C@](O)(CC(=O)c2ccc(F)cc2)c2cc([N+](=O)[O-])ccc21. The summed E-state index contributed by atoms with van der Waals surface area (Å²) >= 11 is 0. The van der Waals surface area contributed by atoms with Gasteiger partial charge in [0.2, 0.25) is 0 Å². The number of benzene rings is 2. The van der Waals surface area contributed by atoms with Crippen molar-refractivity contribution in [1.82, 2.24) is 0 Å². The van der Waals surface area contributed by atoms with Crippen LogP contribution in [0.25, 0.3) is 0 Å². The molecule has 0 unspecified atom stereocenters. The summed E-state index contributed by atoms with van der Waals surface area (Å²) in [7, 11) is 1.41. The molecule has 128 valence electrons. The van der Waals surface area contributed by atoms with Gasteiger partial charge in [-0.3, -0.25) is 19.7 Å². The molecule has 1 N–H and O–H groups in total. The van der Waals surface area contributed by atoms with Crippen LogP contribution in [-0.2, 0) is 10.4 Å². The second kappa shape index (κ2) is 5.75. The number of anilines is 1. The fourth-order valence-electron chi connectivity index (χ4n) is 2.90. The van der Waals surface area contributed by atoms with Gasteiger partial charge in [0, 0.05) is 30.3 Å². The topological polar surface area (TPSA) is 101 Å². The van der Waals surface area contributed by atoms with E-state index in [0.717, 1.165) is 23.1 Å². The zero-order valence-corrected chi connectivity index (χ0v) is 13.1. The molecule has 0 saturated carbocycles. The molecule has 0 fully saturated rings. The summed E-state index contributed by atoms with van der Waals surface area (Å²) in [6.07, 6.45) is -0.601. The molecule has 25 heavy (non-hydrogen) atoms. The van der Waals surface area contributed by atoms with Crippen LogP contribution in [0, 0.1) is 15.9 Å². The van der Waals surface area contributed by atoms with E-state index >= 15 is 0 Å². The molecule has 0 aliphatic carbocycles. The van der Waals surface area contributed by atoms with Crippen LogP contribution >= 0.6 is 0 Å². The van der Waals surface area contributed by atoms with Crippen molar-refractivity contribution in [3.63, 3.8) is 0 Å². The lowest BCUT2D eigenvalue weighted by Crippen LogP contribution is -2.40. The maximum absolute atomic E-state index is 13.0. The molecule has 7 nitrogen and oxygen atoms in total. The maximum atomic E-state index is 13.0. The summed E-state index contributed by atoms with van der Waals surface area (Å²) in [5.41, 5.74) is -2.07. The van der Waals surface area contributed by atoms with E-state index in [1.807, 2.05) is 0 Å². The first-order valence-electron chi connectivity index (χ1n) is 7.32. The smallest absolute Gasteiger partial charge is 0.269 e. The fraction of sp³-hybridized carbons (Fsp3) is 0.176. The zero-order chi connectivity index (χ0) is 18.4. The fourth-order valence-corrected chi connectivity index (χ4v) is 2.90. The highest BCUT2D eigenvalue weighted by molar-refractivity contribution is 6.10. The van der Waals surface area contributed by atoms with Gasteiger partial charge in [-0.2, -0.15) is 0 Å². The highest BCUT2D eigenvalue weighted by atomic mass is 19.1. The van der Waals surface area contributed by atoms with Gasteiger partial charge in [-0.25, -0.2) is 4.39 Å². The first kappa shape index (κ1) is 16.7. The van der Waals surface area contributed by atoms with Gasteiger partial charge in [-0.1, -0.05) is 0 Å². The Morgan fingerprint density at radius 2 is 1.92 bits per heavy atom. The van der Waals surface area contributed by atoms with Crippen molar-refractivity contribution in [2.75, 3.05) is 11.9 Å². The molecular formula is C17H13FN2O5. The van der Waals surface area contributed by atoms with Crippen LogP contribution in [0.2, 0.25) is 0 Å². The summed E-state index contributed by atoms with van der Waals surface area (Å²) in [6, 6.07) is 8.35. The average molecular weight is 344 g/mol. The number of fused-ring (bicyclic) bond motifs is 1. The Kier molecular flexibility index (Phi) is 3.84. The van der Waals surface area contributed by atoms with Gasteiger partial charge in [0.1, 0.15) is 5.82 Å². The molecule has 1 aliphatic heterocycles. The van der Waals surface area contributed by atoms with Gasteiger partial charge in [-0.15, -0.1) is 0 Å². The van der Waals surface area contributed by atoms with E-state index in [2.05, 4.69) is 0 Å². The molecule has 2 aromatic carbocycles. The molecule has 1 heterocycles. The van der Waals surface area contributed by atoms with Crippen LogP contribution in [0.15, 0.2) is 42.5 Å². The molecule has 2 aromatic rings. The molecule has 0 aromatic heterocycles. The standard InChI is InChI=1S/C17H13FN2O5/c1-19-14-7-6-12(20(24)25)8-13(14)17(23,16(19)22)9-15(21)10-2-4-11(18)5-3-10/h2-8,23H,9H2,1H3/t17-/m0/s1. The van der Waals surface area contributed by atoms with Crippen molar-refractivity contribution in [2.45, 2.75) is 12.0 Å². The summed E-state index contributed by atoms with van der Waals surface area (Å²) < 4.78 is 13.0. The predicted octanol–water partition coefficient (Wildman–Crippen LogP) is 2.17. The number of nitrogens with zero attached hydrogens (tertiary/aromatic N) is 2. The van der Waals surface area contributed by atoms with Crippen molar-refractivity contribution < 1.29 is 24.0 Å². The summed E-state index contributed by atoms with van der Waals surface area (Å²) in [5.74, 6) is -1.85. The Morgan fingerprint density at radius 1 is 1.28 bits per heavy atom. The molecule has 1 amide bonds. The summed E-state index contributed by atoms with van der Waals surface area (Å²) in [6.45, 7) is 0. The lowest BCUT2D eigenvalue weighted by molar-refractivity contribution is -0.385. The number of hydrogen-bond acceptors (Lipinski definition) is 5. The molecule has 0 radical (unpaired) electrons. The van der Waals surface area contributed by atoms with Crippen LogP contribution in [0.1, 0.15) is 22.3 Å². The Hall–Kier alpha value is -3.13. The third kappa shape index (κ3) is 2.66. The molecule has 3 rings (SSSR count). The van der Waals surface area contributed by atoms with E-state index in [0.29, 0.717) is 5.69 Å². The Morgan fingerprint density at radius 3 is 2.52 bits per heavy atom. The number of Topliss-reactive ketones (excluding diaryl/α,β-unsaturated/α-hetero) is 1. The number of amides is 1. The Bertz CT molecular complexity index is 896. The summed E-state index contributed by atoms with van der Waals surface area (Å²) in [4.78, 5) is 36.4. The molecule has 8 heteroatoms. The van der Waals surface area contributed by atoms with Gasteiger partial charge >= 0.3 is 0 Å². The van der Waals surface area contributed by atoms with Gasteiger partial charge in [-0.05, 0) is 30.3 Å². The minimum absolute atomic E-state index is 0.00432. The van der Waals surface area contributed by atoms with Crippen LogP contribution in [0.5, 0.6) is 0 Å². The highest BCUT2D eigenvalue weighted by Crippen LogP contribution is 2.43. The van der Waals surface area contributed by atoms with Crippen LogP contribution in [0.4, 0.5) is 15.8 Å². The quantitative estimate of drug-likeness (QED) is 0.520. The lowest BCUT2D eigenvalue weighted by Gasteiger charge is -2.21. The number of rotatable bonds is 4. The number of nitro benzene ring substituents is 1. The number of aliphatic hydroxyl groups is 1. The monoisotopic (exact) mass is 344 g/mol. The van der Waals surface area contributed by atoms with Crippen molar-refractivity contribution in [3.05, 3.63) is 69.5 Å². The van der Waals surface area contributed by atoms with Crippen molar-refractivity contribution in [2.24, 2.45) is 0 Å². The van der Waals surface area contributed by atoms with Crippen LogP contribution in [0.3, 0.4) is 0 Å². The average Bonchev–Trinajstić information content (AvgIpc) is 2.77. The van der Waals surface area contributed by atoms with Crippen molar-refractivity contribution in [3.8, 4) is 0 Å². The van der Waals surface area contributed by atoms with Crippen LogP contribution in [-0.4, -0.2) is 28.8 Å². The third-order valence-electron chi connectivity index (χ3n) is 4.24. The van der Waals surface area contributed by atoms with E-state index in [-0.39, 0.29) is 16.8 Å². The number of non-ortho nitro benzene ring substituents is 1. The highest BCUT2D eigenvalue weighted by Gasteiger charge is 2.50. The Labute approximate surface area is 141 Å². The molecule has 0 saturated heterocycles. The minimum Gasteiger partial charge on any atom is -0.375 e.